The molecule has 2 N–H and O–H groups in total. The van der Waals surface area contributed by atoms with Crippen molar-refractivity contribution in [2.24, 2.45) is 5.92 Å². The Bertz CT molecular complexity index is 721. The third-order valence-electron chi connectivity index (χ3n) is 4.46. The largest absolute Gasteiger partial charge is 0.506 e. The van der Waals surface area contributed by atoms with E-state index in [1.807, 2.05) is 13.8 Å². The maximum Gasteiger partial charge on any atom is 0.229 e. The maximum absolute atomic E-state index is 12.4. The summed E-state index contributed by atoms with van der Waals surface area (Å²) in [6.45, 7) is 6.30. The van der Waals surface area contributed by atoms with Crippen molar-refractivity contribution in [2.75, 3.05) is 18.4 Å². The molecule has 7 nitrogen and oxygen atoms in total. The minimum absolute atomic E-state index is 0.0391. The van der Waals surface area contributed by atoms with Crippen LogP contribution in [0.5, 0.6) is 5.75 Å². The van der Waals surface area contributed by atoms with Crippen LogP contribution in [-0.4, -0.2) is 39.1 Å². The highest BCUT2D eigenvalue weighted by atomic mass is 16.5. The van der Waals surface area contributed by atoms with Gasteiger partial charge in [0.2, 0.25) is 11.8 Å². The lowest BCUT2D eigenvalue weighted by Gasteiger charge is -2.30. The molecule has 2 aromatic rings. The zero-order valence-electron chi connectivity index (χ0n) is 14.6. The first-order chi connectivity index (χ1) is 12.0. The molecule has 1 fully saturated rings. The Balaban J connectivity index is 1.49. The van der Waals surface area contributed by atoms with Crippen molar-refractivity contribution in [2.45, 2.75) is 39.2 Å². The van der Waals surface area contributed by atoms with Gasteiger partial charge in [-0.25, -0.2) is 0 Å². The Morgan fingerprint density at radius 2 is 2.08 bits per heavy atom. The molecule has 1 aromatic heterocycles. The van der Waals surface area contributed by atoms with Crippen molar-refractivity contribution in [1.82, 2.24) is 15.0 Å². The van der Waals surface area contributed by atoms with Gasteiger partial charge < -0.3 is 14.9 Å². The van der Waals surface area contributed by atoms with E-state index >= 15 is 0 Å². The fourth-order valence-corrected chi connectivity index (χ4v) is 2.93. The van der Waals surface area contributed by atoms with Crippen LogP contribution in [0.15, 0.2) is 28.8 Å². The van der Waals surface area contributed by atoms with Crippen molar-refractivity contribution in [3.05, 3.63) is 36.0 Å². The van der Waals surface area contributed by atoms with Crippen molar-refractivity contribution in [3.8, 4) is 5.75 Å². The normalized spacial score (nSPS) is 16.3. The van der Waals surface area contributed by atoms with E-state index in [2.05, 4.69) is 20.4 Å². The highest BCUT2D eigenvalue weighted by molar-refractivity contribution is 5.93. The molecule has 1 amide bonds. The number of likely N-dealkylation sites (tertiary alicyclic amines) is 1. The molecule has 0 saturated carbocycles. The molecular formula is C18H24N4O3. The number of amides is 1. The SMILES string of the molecule is CC(C)c1nc(CN2CCC(C(=O)Nc3ccccc3O)CC2)no1. The second kappa shape index (κ2) is 7.65. The molecular weight excluding hydrogens is 320 g/mol. The van der Waals surface area contributed by atoms with Gasteiger partial charge in [-0.3, -0.25) is 9.69 Å². The van der Waals surface area contributed by atoms with Gasteiger partial charge in [0.25, 0.3) is 0 Å². The topological polar surface area (TPSA) is 91.5 Å². The van der Waals surface area contributed by atoms with Crippen LogP contribution in [0, 0.1) is 5.92 Å². The Kier molecular flexibility index (Phi) is 5.33. The van der Waals surface area contributed by atoms with Crippen LogP contribution in [-0.2, 0) is 11.3 Å². The van der Waals surface area contributed by atoms with Crippen LogP contribution < -0.4 is 5.32 Å². The number of carbonyl (C=O) groups is 1. The minimum atomic E-state index is -0.0488. The van der Waals surface area contributed by atoms with Crippen LogP contribution >= 0.6 is 0 Å². The molecule has 25 heavy (non-hydrogen) atoms. The van der Waals surface area contributed by atoms with Gasteiger partial charge in [0, 0.05) is 11.8 Å². The summed E-state index contributed by atoms with van der Waals surface area (Å²) in [4.78, 5) is 19.0. The first-order valence-corrected chi connectivity index (χ1v) is 8.66. The first kappa shape index (κ1) is 17.4. The molecule has 7 heteroatoms. The number of hydrogen-bond donors (Lipinski definition) is 2. The average molecular weight is 344 g/mol. The van der Waals surface area contributed by atoms with Crippen LogP contribution in [0.3, 0.4) is 0 Å². The predicted molar refractivity (Wildman–Crippen MR) is 93.1 cm³/mol. The van der Waals surface area contributed by atoms with Gasteiger partial charge in [-0.05, 0) is 38.1 Å². The second-order valence-corrected chi connectivity index (χ2v) is 6.76. The summed E-state index contributed by atoms with van der Waals surface area (Å²) >= 11 is 0. The number of nitrogens with one attached hydrogen (secondary N) is 1. The van der Waals surface area contributed by atoms with E-state index in [0.717, 1.165) is 25.9 Å². The fraction of sp³-hybridized carbons (Fsp3) is 0.500. The van der Waals surface area contributed by atoms with Crippen LogP contribution in [0.4, 0.5) is 5.69 Å². The number of piperidine rings is 1. The van der Waals surface area contributed by atoms with Gasteiger partial charge in [0.05, 0.1) is 12.2 Å². The van der Waals surface area contributed by atoms with Crippen molar-refractivity contribution in [3.63, 3.8) is 0 Å². The zero-order chi connectivity index (χ0) is 17.8. The zero-order valence-corrected chi connectivity index (χ0v) is 14.6. The van der Waals surface area contributed by atoms with E-state index in [-0.39, 0.29) is 23.5 Å². The summed E-state index contributed by atoms with van der Waals surface area (Å²) in [6.07, 6.45) is 1.54. The fourth-order valence-electron chi connectivity index (χ4n) is 2.93. The quantitative estimate of drug-likeness (QED) is 0.811. The maximum atomic E-state index is 12.4. The van der Waals surface area contributed by atoms with Gasteiger partial charge in [0.1, 0.15) is 5.75 Å². The average Bonchev–Trinajstić information content (AvgIpc) is 3.06. The lowest BCUT2D eigenvalue weighted by Crippen LogP contribution is -2.38. The molecule has 0 atom stereocenters. The molecule has 0 radical (unpaired) electrons. The Morgan fingerprint density at radius 1 is 1.36 bits per heavy atom. The number of para-hydroxylation sites is 2. The molecule has 1 aliphatic heterocycles. The molecule has 1 saturated heterocycles. The monoisotopic (exact) mass is 344 g/mol. The Hall–Kier alpha value is -2.41. The van der Waals surface area contributed by atoms with E-state index in [1.54, 1.807) is 24.3 Å². The Labute approximate surface area is 147 Å². The highest BCUT2D eigenvalue weighted by Crippen LogP contribution is 2.25. The van der Waals surface area contributed by atoms with E-state index < -0.39 is 0 Å². The van der Waals surface area contributed by atoms with E-state index in [1.165, 1.54) is 0 Å². The van der Waals surface area contributed by atoms with Crippen LogP contribution in [0.25, 0.3) is 0 Å². The number of aromatic hydroxyl groups is 1. The van der Waals surface area contributed by atoms with Gasteiger partial charge in [-0.1, -0.05) is 31.1 Å². The molecule has 0 bridgehead atoms. The molecule has 0 spiro atoms. The summed E-state index contributed by atoms with van der Waals surface area (Å²) in [5.41, 5.74) is 0.461. The third-order valence-corrected chi connectivity index (χ3v) is 4.46. The van der Waals surface area contributed by atoms with E-state index in [4.69, 9.17) is 4.52 Å². The summed E-state index contributed by atoms with van der Waals surface area (Å²) in [6, 6.07) is 6.78. The van der Waals surface area contributed by atoms with Crippen molar-refractivity contribution < 1.29 is 14.4 Å². The standard InChI is InChI=1S/C18H24N4O3/c1-12(2)18-20-16(21-25-18)11-22-9-7-13(8-10-22)17(24)19-14-5-3-4-6-15(14)23/h3-6,12-13,23H,7-11H2,1-2H3,(H,19,24). The lowest BCUT2D eigenvalue weighted by molar-refractivity contribution is -0.121. The van der Waals surface area contributed by atoms with Gasteiger partial charge >= 0.3 is 0 Å². The molecule has 1 aliphatic rings. The van der Waals surface area contributed by atoms with Gasteiger partial charge in [-0.2, -0.15) is 4.98 Å². The summed E-state index contributed by atoms with van der Waals surface area (Å²) in [5.74, 6) is 1.58. The lowest BCUT2D eigenvalue weighted by atomic mass is 9.95. The van der Waals surface area contributed by atoms with Crippen LogP contribution in [0.1, 0.15) is 44.3 Å². The Morgan fingerprint density at radius 3 is 2.72 bits per heavy atom. The predicted octanol–water partition coefficient (Wildman–Crippen LogP) is 2.75. The summed E-state index contributed by atoms with van der Waals surface area (Å²) < 4.78 is 5.23. The van der Waals surface area contributed by atoms with Gasteiger partial charge in [-0.15, -0.1) is 0 Å². The third kappa shape index (κ3) is 4.36. The number of hydrogen-bond acceptors (Lipinski definition) is 6. The summed E-state index contributed by atoms with van der Waals surface area (Å²) in [7, 11) is 0. The number of nitrogens with zero attached hydrogens (tertiary/aromatic N) is 3. The number of rotatable bonds is 5. The highest BCUT2D eigenvalue weighted by Gasteiger charge is 2.26. The molecule has 0 unspecified atom stereocenters. The second-order valence-electron chi connectivity index (χ2n) is 6.76. The number of aromatic nitrogens is 2. The molecule has 1 aromatic carbocycles. The van der Waals surface area contributed by atoms with Crippen molar-refractivity contribution >= 4 is 11.6 Å². The van der Waals surface area contributed by atoms with E-state index in [0.29, 0.717) is 23.9 Å². The smallest absolute Gasteiger partial charge is 0.229 e. The van der Waals surface area contributed by atoms with Crippen molar-refractivity contribution in [1.29, 1.82) is 0 Å². The number of benzene rings is 1. The van der Waals surface area contributed by atoms with E-state index in [9.17, 15) is 9.90 Å². The number of anilines is 1. The number of phenols is 1. The molecule has 0 aliphatic carbocycles. The molecule has 2 heterocycles. The first-order valence-electron chi connectivity index (χ1n) is 8.66. The van der Waals surface area contributed by atoms with Crippen LogP contribution in [0.2, 0.25) is 0 Å². The van der Waals surface area contributed by atoms with Gasteiger partial charge in [0.15, 0.2) is 5.82 Å². The molecule has 3 rings (SSSR count). The number of carbonyl (C=O) groups excluding carboxylic acids is 1. The minimum Gasteiger partial charge on any atom is -0.506 e. The number of phenolic OH excluding ortho intramolecular Hbond substituents is 1. The summed E-state index contributed by atoms with van der Waals surface area (Å²) in [5, 5.41) is 16.6. The molecule has 134 valence electrons.